The van der Waals surface area contributed by atoms with Crippen LogP contribution in [0.15, 0.2) is 24.5 Å². The maximum absolute atomic E-state index is 11.6. The van der Waals surface area contributed by atoms with Gasteiger partial charge in [0.25, 0.3) is 0 Å². The largest absolute Gasteiger partial charge is 0.481 e. The Balaban J connectivity index is 2.47. The van der Waals surface area contributed by atoms with Crippen molar-refractivity contribution in [3.8, 4) is 0 Å². The van der Waals surface area contributed by atoms with E-state index in [0.717, 1.165) is 0 Å². The molecule has 1 rings (SSSR count). The van der Waals surface area contributed by atoms with E-state index in [1.54, 1.807) is 43.0 Å². The molecule has 0 bridgehead atoms. The third-order valence-electron chi connectivity index (χ3n) is 2.13. The molecule has 0 atom stereocenters. The summed E-state index contributed by atoms with van der Waals surface area (Å²) in [5.41, 5.74) is 2.10. The molecular formula is C11H16N2O3. The van der Waals surface area contributed by atoms with Crippen LogP contribution in [0.1, 0.15) is 26.7 Å². The third-order valence-corrected chi connectivity index (χ3v) is 2.13. The minimum absolute atomic E-state index is 0.0217. The minimum Gasteiger partial charge on any atom is -0.481 e. The Labute approximate surface area is 94.0 Å². The Morgan fingerprint density at radius 2 is 1.81 bits per heavy atom. The molecule has 0 aliphatic carbocycles. The second-order valence-corrected chi connectivity index (χ2v) is 4.54. The van der Waals surface area contributed by atoms with Crippen molar-refractivity contribution >= 4 is 11.9 Å². The van der Waals surface area contributed by atoms with E-state index < -0.39 is 11.4 Å². The van der Waals surface area contributed by atoms with Crippen LogP contribution in [-0.2, 0) is 9.59 Å². The van der Waals surface area contributed by atoms with E-state index in [1.807, 2.05) is 0 Å². The van der Waals surface area contributed by atoms with Crippen LogP contribution in [0.4, 0.5) is 0 Å². The molecule has 88 valence electrons. The van der Waals surface area contributed by atoms with Crippen molar-refractivity contribution in [1.82, 2.24) is 4.68 Å². The average Bonchev–Trinajstić information content (AvgIpc) is 2.51. The predicted molar refractivity (Wildman–Crippen MR) is 59.5 cm³/mol. The van der Waals surface area contributed by atoms with Crippen molar-refractivity contribution in [2.75, 3.05) is 5.43 Å². The summed E-state index contributed by atoms with van der Waals surface area (Å²) in [5.74, 6) is -1.08. The van der Waals surface area contributed by atoms with Crippen molar-refractivity contribution in [1.29, 1.82) is 0 Å². The number of carbonyl (C=O) groups is 2. The lowest BCUT2D eigenvalue weighted by molar-refractivity contribution is -0.139. The molecule has 0 aromatic carbocycles. The van der Waals surface area contributed by atoms with Gasteiger partial charge in [-0.25, -0.2) is 0 Å². The third kappa shape index (κ3) is 4.16. The van der Waals surface area contributed by atoms with Crippen LogP contribution in [0.3, 0.4) is 0 Å². The lowest BCUT2D eigenvalue weighted by Gasteiger charge is -2.21. The maximum atomic E-state index is 11.6. The molecule has 0 radical (unpaired) electrons. The highest BCUT2D eigenvalue weighted by Crippen LogP contribution is 2.24. The number of aromatic nitrogens is 1. The van der Waals surface area contributed by atoms with Crippen LogP contribution in [0.2, 0.25) is 0 Å². The molecule has 0 saturated carbocycles. The first kappa shape index (κ1) is 12.3. The smallest absolute Gasteiger partial charge is 0.303 e. The first-order valence-electron chi connectivity index (χ1n) is 5.04. The second kappa shape index (κ2) is 4.83. The summed E-state index contributed by atoms with van der Waals surface area (Å²) in [6, 6.07) is 3.59. The molecule has 0 aliphatic heterocycles. The van der Waals surface area contributed by atoms with Crippen molar-refractivity contribution in [3.05, 3.63) is 24.5 Å². The van der Waals surface area contributed by atoms with E-state index in [9.17, 15) is 9.59 Å². The van der Waals surface area contributed by atoms with Gasteiger partial charge in [-0.2, -0.15) is 0 Å². The van der Waals surface area contributed by atoms with Crippen LogP contribution in [0, 0.1) is 5.41 Å². The SMILES string of the molecule is CC(C)(CC(=O)O)CC(=O)Nn1cccc1. The fourth-order valence-corrected chi connectivity index (χ4v) is 1.50. The molecule has 0 spiro atoms. The number of amides is 1. The van der Waals surface area contributed by atoms with E-state index in [0.29, 0.717) is 0 Å². The summed E-state index contributed by atoms with van der Waals surface area (Å²) in [7, 11) is 0. The van der Waals surface area contributed by atoms with E-state index in [4.69, 9.17) is 5.11 Å². The topological polar surface area (TPSA) is 71.3 Å². The summed E-state index contributed by atoms with van der Waals surface area (Å²) in [4.78, 5) is 22.2. The van der Waals surface area contributed by atoms with Crippen molar-refractivity contribution in [2.24, 2.45) is 5.41 Å². The van der Waals surface area contributed by atoms with Crippen LogP contribution in [0.5, 0.6) is 0 Å². The van der Waals surface area contributed by atoms with Crippen molar-refractivity contribution in [3.63, 3.8) is 0 Å². The quantitative estimate of drug-likeness (QED) is 0.795. The van der Waals surface area contributed by atoms with Gasteiger partial charge in [-0.3, -0.25) is 19.7 Å². The molecule has 0 aliphatic rings. The van der Waals surface area contributed by atoms with Gasteiger partial charge >= 0.3 is 5.97 Å². The first-order valence-corrected chi connectivity index (χ1v) is 5.04. The highest BCUT2D eigenvalue weighted by atomic mass is 16.4. The van der Waals surface area contributed by atoms with Gasteiger partial charge in [-0.05, 0) is 17.5 Å². The molecule has 0 unspecified atom stereocenters. The van der Waals surface area contributed by atoms with Gasteiger partial charge in [-0.15, -0.1) is 0 Å². The molecule has 5 nitrogen and oxygen atoms in total. The Kier molecular flexibility index (Phi) is 3.71. The van der Waals surface area contributed by atoms with Gasteiger partial charge < -0.3 is 5.11 Å². The average molecular weight is 224 g/mol. The summed E-state index contributed by atoms with van der Waals surface area (Å²) in [6.45, 7) is 3.52. The van der Waals surface area contributed by atoms with Gasteiger partial charge in [0.2, 0.25) is 5.91 Å². The highest BCUT2D eigenvalue weighted by Gasteiger charge is 2.25. The van der Waals surface area contributed by atoms with Crippen LogP contribution >= 0.6 is 0 Å². The van der Waals surface area contributed by atoms with Crippen LogP contribution < -0.4 is 5.43 Å². The summed E-state index contributed by atoms with van der Waals surface area (Å²) in [5, 5.41) is 8.68. The van der Waals surface area contributed by atoms with Gasteiger partial charge in [0.1, 0.15) is 0 Å². The number of carboxylic acids is 1. The van der Waals surface area contributed by atoms with E-state index in [1.165, 1.54) is 0 Å². The monoisotopic (exact) mass is 224 g/mol. The Morgan fingerprint density at radius 3 is 2.31 bits per heavy atom. The second-order valence-electron chi connectivity index (χ2n) is 4.54. The molecule has 0 fully saturated rings. The molecule has 1 aromatic heterocycles. The van der Waals surface area contributed by atoms with Gasteiger partial charge in [0, 0.05) is 18.8 Å². The molecule has 1 amide bonds. The molecule has 1 heterocycles. The first-order chi connectivity index (χ1) is 7.39. The number of aliphatic carboxylic acids is 1. The molecular weight excluding hydrogens is 208 g/mol. The normalized spacial score (nSPS) is 11.1. The summed E-state index contributed by atoms with van der Waals surface area (Å²) >= 11 is 0. The number of hydrogen-bond acceptors (Lipinski definition) is 2. The molecule has 16 heavy (non-hydrogen) atoms. The van der Waals surface area contributed by atoms with Crippen LogP contribution in [-0.4, -0.2) is 21.7 Å². The van der Waals surface area contributed by atoms with Gasteiger partial charge in [-0.1, -0.05) is 13.8 Å². The zero-order valence-electron chi connectivity index (χ0n) is 9.43. The number of hydrogen-bond donors (Lipinski definition) is 2. The van der Waals surface area contributed by atoms with E-state index in [2.05, 4.69) is 5.43 Å². The summed E-state index contributed by atoms with van der Waals surface area (Å²) < 4.78 is 1.54. The Morgan fingerprint density at radius 1 is 1.25 bits per heavy atom. The Bertz CT molecular complexity index is 369. The summed E-state index contributed by atoms with van der Waals surface area (Å²) in [6.07, 6.45) is 3.58. The zero-order valence-corrected chi connectivity index (χ0v) is 9.43. The lowest BCUT2D eigenvalue weighted by Crippen LogP contribution is -2.28. The number of carboxylic acid groups (broad SMARTS) is 1. The molecule has 2 N–H and O–H groups in total. The zero-order chi connectivity index (χ0) is 12.2. The van der Waals surface area contributed by atoms with Gasteiger partial charge in [0.05, 0.1) is 6.42 Å². The highest BCUT2D eigenvalue weighted by molar-refractivity contribution is 5.84. The Hall–Kier alpha value is -1.78. The molecule has 1 aromatic rings. The lowest BCUT2D eigenvalue weighted by atomic mass is 9.85. The van der Waals surface area contributed by atoms with Crippen molar-refractivity contribution < 1.29 is 14.7 Å². The number of nitrogens with one attached hydrogen (secondary N) is 1. The fourth-order valence-electron chi connectivity index (χ4n) is 1.50. The number of carbonyl (C=O) groups excluding carboxylic acids is 1. The number of nitrogens with zero attached hydrogens (tertiary/aromatic N) is 1. The minimum atomic E-state index is -0.890. The van der Waals surface area contributed by atoms with E-state index >= 15 is 0 Å². The fraction of sp³-hybridized carbons (Fsp3) is 0.455. The maximum Gasteiger partial charge on any atom is 0.303 e. The molecule has 0 saturated heterocycles. The van der Waals surface area contributed by atoms with E-state index in [-0.39, 0.29) is 18.7 Å². The standard InChI is InChI=1S/C11H16N2O3/c1-11(2,8-10(15)16)7-9(14)12-13-5-3-4-6-13/h3-6H,7-8H2,1-2H3,(H,12,14)(H,15,16). The van der Waals surface area contributed by atoms with Crippen molar-refractivity contribution in [2.45, 2.75) is 26.7 Å². The molecule has 5 heteroatoms. The number of rotatable bonds is 5. The van der Waals surface area contributed by atoms with Crippen LogP contribution in [0.25, 0.3) is 0 Å². The predicted octanol–water partition coefficient (Wildman–Crippen LogP) is 1.45. The van der Waals surface area contributed by atoms with Gasteiger partial charge in [0.15, 0.2) is 0 Å².